The lowest BCUT2D eigenvalue weighted by atomic mass is 10.1. The van der Waals surface area contributed by atoms with Crippen LogP contribution < -0.4 is 5.32 Å². The van der Waals surface area contributed by atoms with Crippen molar-refractivity contribution in [1.82, 2.24) is 5.32 Å². The molecule has 8 heteroatoms. The fraction of sp³-hybridized carbons (Fsp3) is 0.300. The molecule has 7 nitrogen and oxygen atoms in total. The minimum Gasteiger partial charge on any atom is -0.481 e. The monoisotopic (exact) mass is 405 g/mol. The number of carbonyl (C=O) groups excluding carboxylic acids is 1. The van der Waals surface area contributed by atoms with Crippen molar-refractivity contribution in [2.45, 2.75) is 31.7 Å². The molecule has 2 atom stereocenters. The third-order valence-corrected chi connectivity index (χ3v) is 6.22. The smallest absolute Gasteiger partial charge is 0.408 e. The molecule has 2 unspecified atom stereocenters. The van der Waals surface area contributed by atoms with E-state index in [1.54, 1.807) is 24.3 Å². The summed E-state index contributed by atoms with van der Waals surface area (Å²) in [6.45, 7) is 0.0120. The topological polar surface area (TPSA) is 113 Å². The highest BCUT2D eigenvalue weighted by molar-refractivity contribution is 7.59. The maximum Gasteiger partial charge on any atom is 0.408 e. The molecule has 3 N–H and O–H groups in total. The predicted octanol–water partition coefficient (Wildman–Crippen LogP) is 3.62. The highest BCUT2D eigenvalue weighted by atomic mass is 31.2. The molecule has 1 amide bonds. The van der Waals surface area contributed by atoms with Gasteiger partial charge in [-0.2, -0.15) is 0 Å². The van der Waals surface area contributed by atoms with Crippen molar-refractivity contribution < 1.29 is 28.9 Å². The van der Waals surface area contributed by atoms with Gasteiger partial charge < -0.3 is 20.1 Å². The maximum absolute atomic E-state index is 12.5. The third-order valence-electron chi connectivity index (χ3n) is 4.13. The highest BCUT2D eigenvalue weighted by Crippen LogP contribution is 2.46. The number of amides is 1. The summed E-state index contributed by atoms with van der Waals surface area (Å²) in [6, 6.07) is 18.6. The zero-order valence-corrected chi connectivity index (χ0v) is 16.3. The van der Waals surface area contributed by atoms with E-state index >= 15 is 0 Å². The van der Waals surface area contributed by atoms with Gasteiger partial charge in [0.1, 0.15) is 18.6 Å². The molecule has 0 spiro atoms. The van der Waals surface area contributed by atoms with Crippen LogP contribution in [0, 0.1) is 0 Å². The van der Waals surface area contributed by atoms with Gasteiger partial charge in [0.2, 0.25) is 7.37 Å². The van der Waals surface area contributed by atoms with E-state index in [1.807, 2.05) is 36.4 Å². The van der Waals surface area contributed by atoms with Crippen LogP contribution in [0.15, 0.2) is 60.7 Å². The van der Waals surface area contributed by atoms with Crippen LogP contribution in [0.1, 0.15) is 24.0 Å². The SMILES string of the molecule is O=C(O)CP(=O)(O)C(CCCc1ccccc1)NC(=O)OCc1ccccc1. The number of carbonyl (C=O) groups is 2. The van der Waals surface area contributed by atoms with Crippen LogP contribution in [-0.4, -0.2) is 34.0 Å². The molecule has 0 heterocycles. The fourth-order valence-electron chi connectivity index (χ4n) is 2.72. The second-order valence-corrected chi connectivity index (χ2v) is 8.86. The van der Waals surface area contributed by atoms with Crippen LogP contribution in [0.25, 0.3) is 0 Å². The number of alkyl carbamates (subject to hydrolysis) is 1. The van der Waals surface area contributed by atoms with E-state index in [-0.39, 0.29) is 13.0 Å². The quantitative estimate of drug-likeness (QED) is 0.521. The van der Waals surface area contributed by atoms with Crippen molar-refractivity contribution in [2.24, 2.45) is 0 Å². The number of rotatable bonds is 10. The molecule has 0 aliphatic carbocycles. The van der Waals surface area contributed by atoms with Gasteiger partial charge in [0.05, 0.1) is 0 Å². The Morgan fingerprint density at radius 2 is 1.57 bits per heavy atom. The number of nitrogens with one attached hydrogen (secondary N) is 1. The van der Waals surface area contributed by atoms with Gasteiger partial charge in [-0.1, -0.05) is 60.7 Å². The number of aliphatic carboxylic acids is 1. The molecular formula is C20H24NO6P. The van der Waals surface area contributed by atoms with Crippen molar-refractivity contribution >= 4 is 19.4 Å². The minimum absolute atomic E-state index is 0.0120. The van der Waals surface area contributed by atoms with Crippen LogP contribution >= 0.6 is 7.37 Å². The molecule has 0 aliphatic rings. The number of hydrogen-bond acceptors (Lipinski definition) is 4. The fourth-order valence-corrected chi connectivity index (χ4v) is 4.22. The van der Waals surface area contributed by atoms with Crippen LogP contribution in [0.5, 0.6) is 0 Å². The van der Waals surface area contributed by atoms with E-state index in [0.29, 0.717) is 12.8 Å². The Balaban J connectivity index is 1.95. The largest absolute Gasteiger partial charge is 0.481 e. The standard InChI is InChI=1S/C20H24NO6P/c22-19(23)15-28(25,26)18(13-7-12-16-8-3-1-4-9-16)21-20(24)27-14-17-10-5-2-6-11-17/h1-6,8-11,18H,7,12-15H2,(H,21,24)(H,22,23)(H,25,26). The molecule has 0 radical (unpaired) electrons. The molecule has 0 aliphatic heterocycles. The van der Waals surface area contributed by atoms with E-state index in [1.165, 1.54) is 0 Å². The van der Waals surface area contributed by atoms with Gasteiger partial charge in [0, 0.05) is 0 Å². The van der Waals surface area contributed by atoms with Crippen molar-refractivity contribution in [3.63, 3.8) is 0 Å². The normalized spacial score (nSPS) is 13.9. The first-order valence-electron chi connectivity index (χ1n) is 8.91. The second-order valence-electron chi connectivity index (χ2n) is 6.41. The van der Waals surface area contributed by atoms with Gasteiger partial charge >= 0.3 is 12.1 Å². The number of aryl methyl sites for hydroxylation is 1. The van der Waals surface area contributed by atoms with Crippen LogP contribution in [-0.2, 0) is 27.1 Å². The first-order valence-corrected chi connectivity index (χ1v) is 10.8. The Kier molecular flexibility index (Phi) is 8.23. The molecule has 0 saturated heterocycles. The third kappa shape index (κ3) is 7.55. The summed E-state index contributed by atoms with van der Waals surface area (Å²) in [5.41, 5.74) is 1.83. The van der Waals surface area contributed by atoms with Gasteiger partial charge in [0.15, 0.2) is 0 Å². The second kappa shape index (κ2) is 10.6. The lowest BCUT2D eigenvalue weighted by molar-refractivity contribution is -0.134. The van der Waals surface area contributed by atoms with E-state index in [4.69, 9.17) is 9.84 Å². The Labute approximate surface area is 163 Å². The van der Waals surface area contributed by atoms with E-state index in [9.17, 15) is 19.0 Å². The zero-order valence-electron chi connectivity index (χ0n) is 15.4. The average Bonchev–Trinajstić information content (AvgIpc) is 2.66. The summed E-state index contributed by atoms with van der Waals surface area (Å²) in [7, 11) is -4.14. The van der Waals surface area contributed by atoms with Gasteiger partial charge in [-0.15, -0.1) is 0 Å². The molecule has 0 saturated carbocycles. The molecule has 28 heavy (non-hydrogen) atoms. The number of benzene rings is 2. The molecular weight excluding hydrogens is 381 g/mol. The van der Waals surface area contributed by atoms with Crippen molar-refractivity contribution in [1.29, 1.82) is 0 Å². The van der Waals surface area contributed by atoms with Gasteiger partial charge in [0.25, 0.3) is 0 Å². The maximum atomic E-state index is 12.5. The van der Waals surface area contributed by atoms with Crippen molar-refractivity contribution in [3.05, 3.63) is 71.8 Å². The van der Waals surface area contributed by atoms with Gasteiger partial charge in [-0.3, -0.25) is 9.36 Å². The Morgan fingerprint density at radius 3 is 2.14 bits per heavy atom. The molecule has 150 valence electrons. The number of carboxylic acid groups (broad SMARTS) is 1. The summed E-state index contributed by atoms with van der Waals surface area (Å²) >= 11 is 0. The molecule has 2 aromatic carbocycles. The van der Waals surface area contributed by atoms with Crippen LogP contribution in [0.2, 0.25) is 0 Å². The van der Waals surface area contributed by atoms with Gasteiger partial charge in [-0.25, -0.2) is 4.79 Å². The van der Waals surface area contributed by atoms with Crippen molar-refractivity contribution in [3.8, 4) is 0 Å². The highest BCUT2D eigenvalue weighted by Gasteiger charge is 2.34. The average molecular weight is 405 g/mol. The summed E-state index contributed by atoms with van der Waals surface area (Å²) in [6.07, 6.45) is -0.449. The molecule has 2 rings (SSSR count). The zero-order chi connectivity index (χ0) is 20.4. The van der Waals surface area contributed by atoms with Gasteiger partial charge in [-0.05, 0) is 30.4 Å². The van der Waals surface area contributed by atoms with Crippen LogP contribution in [0.4, 0.5) is 4.79 Å². The number of ether oxygens (including phenoxy) is 1. The van der Waals surface area contributed by atoms with E-state index in [0.717, 1.165) is 11.1 Å². The molecule has 2 aromatic rings. The summed E-state index contributed by atoms with van der Waals surface area (Å²) in [5, 5.41) is 11.3. The Morgan fingerprint density at radius 1 is 1.00 bits per heavy atom. The summed E-state index contributed by atoms with van der Waals surface area (Å²) in [4.78, 5) is 33.2. The lowest BCUT2D eigenvalue weighted by Gasteiger charge is -2.23. The first kappa shape index (κ1) is 21.7. The number of carboxylic acids is 1. The van der Waals surface area contributed by atoms with Crippen LogP contribution in [0.3, 0.4) is 0 Å². The van der Waals surface area contributed by atoms with Crippen molar-refractivity contribution in [2.75, 3.05) is 6.16 Å². The first-order chi connectivity index (χ1) is 13.4. The van der Waals surface area contributed by atoms with E-state index in [2.05, 4.69) is 5.32 Å². The summed E-state index contributed by atoms with van der Waals surface area (Å²) in [5.74, 6) is -2.58. The van der Waals surface area contributed by atoms with E-state index < -0.39 is 31.4 Å². The molecule has 0 aromatic heterocycles. The Bertz CT molecular complexity index is 812. The Hall–Kier alpha value is -2.63. The predicted molar refractivity (Wildman–Crippen MR) is 105 cm³/mol. The number of hydrogen-bond donors (Lipinski definition) is 3. The molecule has 0 bridgehead atoms. The lowest BCUT2D eigenvalue weighted by Crippen LogP contribution is -2.36. The minimum atomic E-state index is -4.14. The summed E-state index contributed by atoms with van der Waals surface area (Å²) < 4.78 is 17.6. The molecule has 0 fully saturated rings.